The summed E-state index contributed by atoms with van der Waals surface area (Å²) in [5.74, 6) is -0.992. The molecule has 2 rings (SSSR count). The predicted molar refractivity (Wildman–Crippen MR) is 87.6 cm³/mol. The first-order chi connectivity index (χ1) is 11.2. The summed E-state index contributed by atoms with van der Waals surface area (Å²) in [6, 6.07) is 17.3. The summed E-state index contributed by atoms with van der Waals surface area (Å²) in [5.41, 5.74) is 1.50. The Morgan fingerprint density at radius 3 is 2.26 bits per heavy atom. The molecule has 0 spiro atoms. The molecule has 0 fully saturated rings. The van der Waals surface area contributed by atoms with Crippen LogP contribution in [-0.4, -0.2) is 18.4 Å². The van der Waals surface area contributed by atoms with E-state index in [4.69, 9.17) is 16.5 Å². The summed E-state index contributed by atoms with van der Waals surface area (Å²) < 4.78 is 5.31. The van der Waals surface area contributed by atoms with Crippen molar-refractivity contribution in [2.45, 2.75) is 12.6 Å². The third-order valence-corrected chi connectivity index (χ3v) is 3.22. The summed E-state index contributed by atoms with van der Waals surface area (Å²) in [6.07, 6.45) is 0. The lowest BCUT2D eigenvalue weighted by Crippen LogP contribution is -2.36. The minimum absolute atomic E-state index is 0.138. The number of hydrogen-bond donors (Lipinski definition) is 1. The van der Waals surface area contributed by atoms with Gasteiger partial charge >= 0.3 is 5.97 Å². The molecule has 0 bridgehead atoms. The molecule has 0 saturated carbocycles. The molecule has 0 saturated heterocycles. The topological polar surface area (TPSA) is 69.5 Å². The molecule has 0 unspecified atom stereocenters. The Labute approximate surface area is 139 Å². The monoisotopic (exact) mass is 331 g/mol. The van der Waals surface area contributed by atoms with Crippen molar-refractivity contribution in [2.24, 2.45) is 0 Å². The third kappa shape index (κ3) is 5.39. The van der Waals surface area contributed by atoms with Crippen LogP contribution in [0.15, 0.2) is 60.7 Å². The van der Waals surface area contributed by atoms with E-state index >= 15 is 0 Å². The standard InChI is InChI=1S/C17H16ClN2O3/c18-19-11-15(21)20-16(14-9-5-2-6-10-14)17(22)23-12-13-7-3-1-4-8-13/h1-10,16H,11-12H2,(H,20,21)/q-1/t16-/m0/s1. The maximum Gasteiger partial charge on any atom is 0.333 e. The number of carbonyl (C=O) groups is 2. The quantitative estimate of drug-likeness (QED) is 0.792. The van der Waals surface area contributed by atoms with E-state index in [0.29, 0.717) is 5.56 Å². The maximum absolute atomic E-state index is 12.4. The number of ether oxygens (including phenoxy) is 1. The Balaban J connectivity index is 2.06. The number of hydrogen-bond acceptors (Lipinski definition) is 3. The predicted octanol–water partition coefficient (Wildman–Crippen LogP) is 3.11. The molecule has 5 nitrogen and oxygen atoms in total. The summed E-state index contributed by atoms with van der Waals surface area (Å²) in [7, 11) is 0. The Morgan fingerprint density at radius 2 is 1.65 bits per heavy atom. The van der Waals surface area contributed by atoms with Crippen molar-refractivity contribution in [3.8, 4) is 0 Å². The molecule has 0 heterocycles. The maximum atomic E-state index is 12.4. The van der Waals surface area contributed by atoms with Crippen molar-refractivity contribution in [3.05, 3.63) is 76.6 Å². The summed E-state index contributed by atoms with van der Waals surface area (Å²) in [4.78, 5) is 27.3. The van der Waals surface area contributed by atoms with Gasteiger partial charge in [-0.1, -0.05) is 67.2 Å². The number of carbonyl (C=O) groups excluding carboxylic acids is 2. The molecule has 0 aliphatic carbocycles. The highest BCUT2D eigenvalue weighted by atomic mass is 35.5. The smallest absolute Gasteiger partial charge is 0.333 e. The van der Waals surface area contributed by atoms with Gasteiger partial charge in [-0.3, -0.25) is 16.6 Å². The second-order valence-corrected chi connectivity index (χ2v) is 5.02. The molecule has 1 amide bonds. The lowest BCUT2D eigenvalue weighted by molar-refractivity contribution is -0.149. The number of rotatable bonds is 7. The van der Waals surface area contributed by atoms with Crippen LogP contribution in [0.1, 0.15) is 17.2 Å². The van der Waals surface area contributed by atoms with Gasteiger partial charge in [-0.15, -0.1) is 0 Å². The lowest BCUT2D eigenvalue weighted by Gasteiger charge is -2.20. The van der Waals surface area contributed by atoms with Gasteiger partial charge in [0.05, 0.1) is 0 Å². The molecule has 1 N–H and O–H groups in total. The number of esters is 1. The molecule has 23 heavy (non-hydrogen) atoms. The van der Waals surface area contributed by atoms with E-state index in [1.54, 1.807) is 24.3 Å². The Kier molecular flexibility index (Phi) is 6.59. The Hall–Kier alpha value is -2.37. The van der Waals surface area contributed by atoms with Crippen molar-refractivity contribution < 1.29 is 14.3 Å². The molecule has 0 aromatic heterocycles. The van der Waals surface area contributed by atoms with Gasteiger partial charge in [0.25, 0.3) is 0 Å². The van der Waals surface area contributed by atoms with Crippen molar-refractivity contribution >= 4 is 23.7 Å². The van der Waals surface area contributed by atoms with E-state index in [1.807, 2.05) is 36.4 Å². The van der Waals surface area contributed by atoms with Crippen LogP contribution in [-0.2, 0) is 20.9 Å². The Morgan fingerprint density at radius 1 is 1.04 bits per heavy atom. The SMILES string of the molecule is O=C(C[N-]Cl)N[C@H](C(=O)OCc1ccccc1)c1ccccc1. The van der Waals surface area contributed by atoms with Crippen LogP contribution in [0.25, 0.3) is 4.84 Å². The normalized spacial score (nSPS) is 11.5. The molecule has 2 aromatic carbocycles. The fraction of sp³-hybridized carbons (Fsp3) is 0.176. The number of nitrogens with one attached hydrogen (secondary N) is 1. The zero-order valence-corrected chi connectivity index (χ0v) is 13.1. The highest BCUT2D eigenvalue weighted by Gasteiger charge is 2.23. The fourth-order valence-corrected chi connectivity index (χ4v) is 2.11. The van der Waals surface area contributed by atoms with Gasteiger partial charge in [0.15, 0.2) is 6.04 Å². The van der Waals surface area contributed by atoms with Crippen LogP contribution in [0, 0.1) is 0 Å². The van der Waals surface area contributed by atoms with Crippen molar-refractivity contribution in [1.82, 2.24) is 5.32 Å². The highest BCUT2D eigenvalue weighted by molar-refractivity contribution is 6.26. The molecule has 2 aromatic rings. The van der Waals surface area contributed by atoms with Gasteiger partial charge in [-0.2, -0.15) is 0 Å². The highest BCUT2D eigenvalue weighted by Crippen LogP contribution is 2.16. The molecule has 0 aliphatic rings. The lowest BCUT2D eigenvalue weighted by atomic mass is 10.1. The van der Waals surface area contributed by atoms with Crippen molar-refractivity contribution in [2.75, 3.05) is 6.54 Å². The van der Waals surface area contributed by atoms with E-state index in [9.17, 15) is 9.59 Å². The van der Waals surface area contributed by atoms with E-state index in [0.717, 1.165) is 5.56 Å². The number of benzene rings is 2. The molecule has 0 radical (unpaired) electrons. The van der Waals surface area contributed by atoms with E-state index in [2.05, 4.69) is 10.2 Å². The van der Waals surface area contributed by atoms with Crippen LogP contribution in [0.5, 0.6) is 0 Å². The van der Waals surface area contributed by atoms with Crippen LogP contribution in [0.2, 0.25) is 0 Å². The molecule has 0 aliphatic heterocycles. The van der Waals surface area contributed by atoms with Crippen molar-refractivity contribution in [3.63, 3.8) is 0 Å². The zero-order chi connectivity index (χ0) is 16.5. The van der Waals surface area contributed by atoms with Crippen molar-refractivity contribution in [1.29, 1.82) is 0 Å². The van der Waals surface area contributed by atoms with Crippen LogP contribution in [0.4, 0.5) is 0 Å². The van der Waals surface area contributed by atoms with Crippen LogP contribution < -0.4 is 5.32 Å². The number of halogens is 1. The van der Waals surface area contributed by atoms with Gasteiger partial charge in [0, 0.05) is 0 Å². The van der Waals surface area contributed by atoms with E-state index in [-0.39, 0.29) is 13.2 Å². The second kappa shape index (κ2) is 8.92. The first-order valence-electron chi connectivity index (χ1n) is 7.03. The molecular formula is C17H16ClN2O3-. The van der Waals surface area contributed by atoms with Crippen LogP contribution in [0.3, 0.4) is 0 Å². The molecule has 1 atom stereocenters. The van der Waals surface area contributed by atoms with Gasteiger partial charge in [-0.25, -0.2) is 4.79 Å². The fourth-order valence-electron chi connectivity index (χ4n) is 2.00. The molecular weight excluding hydrogens is 316 g/mol. The Bertz CT molecular complexity index is 635. The van der Waals surface area contributed by atoms with Crippen LogP contribution >= 0.6 is 11.8 Å². The van der Waals surface area contributed by atoms with Gasteiger partial charge < -0.3 is 14.9 Å². The number of nitrogens with zero attached hydrogens (tertiary/aromatic N) is 1. The minimum Gasteiger partial charge on any atom is -0.568 e. The summed E-state index contributed by atoms with van der Waals surface area (Å²) >= 11 is 5.19. The average Bonchev–Trinajstić information content (AvgIpc) is 2.59. The first kappa shape index (κ1) is 17.0. The molecule has 120 valence electrons. The largest absolute Gasteiger partial charge is 0.568 e. The molecule has 6 heteroatoms. The third-order valence-electron chi connectivity index (χ3n) is 3.10. The summed E-state index contributed by atoms with van der Waals surface area (Å²) in [6.45, 7) is -0.0877. The van der Waals surface area contributed by atoms with E-state index < -0.39 is 17.9 Å². The van der Waals surface area contributed by atoms with Gasteiger partial charge in [0.2, 0.25) is 5.91 Å². The first-order valence-corrected chi connectivity index (χ1v) is 7.37. The minimum atomic E-state index is -0.897. The van der Waals surface area contributed by atoms with E-state index in [1.165, 1.54) is 0 Å². The average molecular weight is 332 g/mol. The van der Waals surface area contributed by atoms with Gasteiger partial charge in [-0.05, 0) is 11.1 Å². The second-order valence-electron chi connectivity index (χ2n) is 4.78. The van der Waals surface area contributed by atoms with Gasteiger partial charge in [0.1, 0.15) is 6.61 Å². The summed E-state index contributed by atoms with van der Waals surface area (Å²) in [5, 5.41) is 2.58. The number of amides is 1. The zero-order valence-electron chi connectivity index (χ0n) is 12.3.